The number of aromatic nitrogens is 1. The second-order valence-electron chi connectivity index (χ2n) is 8.76. The number of carbonyl (C=O) groups excluding carboxylic acids is 1. The summed E-state index contributed by atoms with van der Waals surface area (Å²) in [6, 6.07) is 7.13. The second-order valence-corrected chi connectivity index (χ2v) is 11.0. The first kappa shape index (κ1) is 22.7. The van der Waals surface area contributed by atoms with Crippen molar-refractivity contribution in [3.05, 3.63) is 57.9 Å². The number of halogens is 1. The van der Waals surface area contributed by atoms with E-state index in [9.17, 15) is 13.2 Å². The molecular formula is C22H28ClN3O3S. The molecule has 1 amide bonds. The predicted molar refractivity (Wildman–Crippen MR) is 119 cm³/mol. The van der Waals surface area contributed by atoms with Crippen LogP contribution in [0.15, 0.2) is 35.4 Å². The summed E-state index contributed by atoms with van der Waals surface area (Å²) < 4.78 is 28.2. The quantitative estimate of drug-likeness (QED) is 0.668. The van der Waals surface area contributed by atoms with E-state index < -0.39 is 10.0 Å². The third-order valence-corrected chi connectivity index (χ3v) is 7.85. The van der Waals surface area contributed by atoms with Crippen LogP contribution in [0.5, 0.6) is 0 Å². The molecule has 1 aromatic carbocycles. The average molecular weight is 450 g/mol. The van der Waals surface area contributed by atoms with Crippen molar-refractivity contribution in [3.8, 4) is 0 Å². The third kappa shape index (κ3) is 4.53. The summed E-state index contributed by atoms with van der Waals surface area (Å²) in [4.78, 5) is 18.6. The first-order valence-electron chi connectivity index (χ1n) is 9.94. The molecule has 1 aliphatic rings. The Morgan fingerprint density at radius 3 is 2.07 bits per heavy atom. The zero-order valence-corrected chi connectivity index (χ0v) is 19.6. The molecule has 0 saturated carbocycles. The van der Waals surface area contributed by atoms with E-state index in [4.69, 9.17) is 11.6 Å². The summed E-state index contributed by atoms with van der Waals surface area (Å²) in [6.07, 6.45) is 1.44. The van der Waals surface area contributed by atoms with E-state index in [0.717, 1.165) is 16.7 Å². The van der Waals surface area contributed by atoms with Crippen LogP contribution >= 0.6 is 11.6 Å². The van der Waals surface area contributed by atoms with Crippen LogP contribution in [0.25, 0.3) is 0 Å². The molecule has 0 aliphatic carbocycles. The van der Waals surface area contributed by atoms with Crippen molar-refractivity contribution in [1.82, 2.24) is 14.2 Å². The fourth-order valence-electron chi connectivity index (χ4n) is 3.74. The molecule has 2 aromatic rings. The molecule has 0 spiro atoms. The number of sulfonamides is 1. The Morgan fingerprint density at radius 2 is 1.60 bits per heavy atom. The summed E-state index contributed by atoms with van der Waals surface area (Å²) in [5, 5.41) is 0.325. The van der Waals surface area contributed by atoms with Crippen molar-refractivity contribution in [2.24, 2.45) is 0 Å². The molecule has 1 saturated heterocycles. The van der Waals surface area contributed by atoms with Crippen molar-refractivity contribution >= 4 is 27.5 Å². The van der Waals surface area contributed by atoms with Gasteiger partial charge in [-0.05, 0) is 48.1 Å². The SMILES string of the molecule is Cc1cc(C(C)(C)C)cc(C)c1S(=O)(=O)N1CCN(C(=O)c2ccc(Cl)nc2)CC1. The van der Waals surface area contributed by atoms with Gasteiger partial charge in [-0.3, -0.25) is 4.79 Å². The zero-order chi connectivity index (χ0) is 22.3. The van der Waals surface area contributed by atoms with Crippen molar-refractivity contribution < 1.29 is 13.2 Å². The minimum Gasteiger partial charge on any atom is -0.336 e. The molecule has 0 unspecified atom stereocenters. The van der Waals surface area contributed by atoms with Crippen molar-refractivity contribution in [1.29, 1.82) is 0 Å². The number of benzene rings is 1. The highest BCUT2D eigenvalue weighted by atomic mass is 35.5. The Kier molecular flexibility index (Phi) is 6.28. The van der Waals surface area contributed by atoms with Crippen LogP contribution in [0, 0.1) is 13.8 Å². The lowest BCUT2D eigenvalue weighted by atomic mass is 9.85. The molecule has 0 atom stereocenters. The van der Waals surface area contributed by atoms with Gasteiger partial charge in [0.15, 0.2) is 0 Å². The van der Waals surface area contributed by atoms with Gasteiger partial charge in [0.25, 0.3) is 5.91 Å². The number of rotatable bonds is 3. The van der Waals surface area contributed by atoms with Gasteiger partial charge >= 0.3 is 0 Å². The van der Waals surface area contributed by atoms with Crippen LogP contribution < -0.4 is 0 Å². The minimum atomic E-state index is -3.64. The van der Waals surface area contributed by atoms with E-state index >= 15 is 0 Å². The Labute approximate surface area is 183 Å². The summed E-state index contributed by atoms with van der Waals surface area (Å²) in [7, 11) is -3.64. The van der Waals surface area contributed by atoms with Gasteiger partial charge in [0.1, 0.15) is 5.15 Å². The Morgan fingerprint density at radius 1 is 1.03 bits per heavy atom. The molecule has 0 bridgehead atoms. The molecule has 1 aliphatic heterocycles. The molecule has 2 heterocycles. The van der Waals surface area contributed by atoms with Gasteiger partial charge in [0.05, 0.1) is 10.5 Å². The van der Waals surface area contributed by atoms with Crippen LogP contribution in [0.3, 0.4) is 0 Å². The molecule has 1 aromatic heterocycles. The van der Waals surface area contributed by atoms with Crippen molar-refractivity contribution in [2.75, 3.05) is 26.2 Å². The maximum Gasteiger partial charge on any atom is 0.255 e. The van der Waals surface area contributed by atoms with E-state index in [0.29, 0.717) is 28.7 Å². The number of aryl methyl sites for hydroxylation is 2. The number of pyridine rings is 1. The predicted octanol–water partition coefficient (Wildman–Crippen LogP) is 3.80. The topological polar surface area (TPSA) is 70.6 Å². The first-order chi connectivity index (χ1) is 13.9. The highest BCUT2D eigenvalue weighted by Gasteiger charge is 2.33. The van der Waals surface area contributed by atoms with E-state index in [1.165, 1.54) is 10.5 Å². The smallest absolute Gasteiger partial charge is 0.255 e. The number of amides is 1. The monoisotopic (exact) mass is 449 g/mol. The fourth-order valence-corrected chi connectivity index (χ4v) is 5.68. The Hall–Kier alpha value is -1.96. The Bertz CT molecular complexity index is 1030. The standard InChI is InChI=1S/C22H28ClN3O3S/c1-15-12-18(22(3,4)5)13-16(2)20(15)30(28,29)26-10-8-25(9-11-26)21(27)17-6-7-19(23)24-14-17/h6-7,12-14H,8-11H2,1-5H3. The third-order valence-electron chi connectivity index (χ3n) is 5.42. The van der Waals surface area contributed by atoms with Crippen LogP contribution in [-0.4, -0.2) is 54.7 Å². The molecule has 3 rings (SSSR count). The number of piperazine rings is 1. The van der Waals surface area contributed by atoms with Crippen LogP contribution in [0.1, 0.15) is 47.8 Å². The van der Waals surface area contributed by atoms with E-state index in [1.54, 1.807) is 17.0 Å². The van der Waals surface area contributed by atoms with E-state index in [1.807, 2.05) is 26.0 Å². The summed E-state index contributed by atoms with van der Waals surface area (Å²) in [5.74, 6) is -0.168. The van der Waals surface area contributed by atoms with Gasteiger partial charge in [-0.25, -0.2) is 13.4 Å². The van der Waals surface area contributed by atoms with Gasteiger partial charge < -0.3 is 4.90 Å². The largest absolute Gasteiger partial charge is 0.336 e. The second kappa shape index (κ2) is 8.29. The van der Waals surface area contributed by atoms with Crippen molar-refractivity contribution in [2.45, 2.75) is 44.9 Å². The van der Waals surface area contributed by atoms with Gasteiger partial charge in [-0.2, -0.15) is 4.31 Å². The summed E-state index contributed by atoms with van der Waals surface area (Å²) >= 11 is 5.78. The lowest BCUT2D eigenvalue weighted by Gasteiger charge is -2.34. The maximum atomic E-state index is 13.4. The lowest BCUT2D eigenvalue weighted by Crippen LogP contribution is -2.50. The number of nitrogens with zero attached hydrogens (tertiary/aromatic N) is 3. The van der Waals surface area contributed by atoms with Gasteiger partial charge in [0, 0.05) is 32.4 Å². The zero-order valence-electron chi connectivity index (χ0n) is 18.1. The first-order valence-corrected chi connectivity index (χ1v) is 11.8. The number of hydrogen-bond donors (Lipinski definition) is 0. The molecule has 8 heteroatoms. The summed E-state index contributed by atoms with van der Waals surface area (Å²) in [5.41, 5.74) is 3.01. The molecule has 162 valence electrons. The van der Waals surface area contributed by atoms with Crippen LogP contribution in [-0.2, 0) is 15.4 Å². The molecule has 1 fully saturated rings. The van der Waals surface area contributed by atoms with Gasteiger partial charge in [-0.1, -0.05) is 44.5 Å². The van der Waals surface area contributed by atoms with Crippen LogP contribution in [0.4, 0.5) is 0 Å². The highest BCUT2D eigenvalue weighted by Crippen LogP contribution is 2.31. The number of hydrogen-bond acceptors (Lipinski definition) is 4. The Balaban J connectivity index is 1.78. The maximum absolute atomic E-state index is 13.4. The summed E-state index contributed by atoms with van der Waals surface area (Å²) in [6.45, 7) is 11.2. The lowest BCUT2D eigenvalue weighted by molar-refractivity contribution is 0.0697. The molecule has 6 nitrogen and oxygen atoms in total. The van der Waals surface area contributed by atoms with E-state index in [-0.39, 0.29) is 24.4 Å². The van der Waals surface area contributed by atoms with Gasteiger partial charge in [-0.15, -0.1) is 0 Å². The minimum absolute atomic E-state index is 0.0552. The highest BCUT2D eigenvalue weighted by molar-refractivity contribution is 7.89. The molecule has 0 radical (unpaired) electrons. The average Bonchev–Trinajstić information content (AvgIpc) is 2.66. The molecular weight excluding hydrogens is 422 g/mol. The fraction of sp³-hybridized carbons (Fsp3) is 0.455. The van der Waals surface area contributed by atoms with Crippen LogP contribution in [0.2, 0.25) is 5.15 Å². The van der Waals surface area contributed by atoms with E-state index in [2.05, 4.69) is 25.8 Å². The van der Waals surface area contributed by atoms with Gasteiger partial charge in [0.2, 0.25) is 10.0 Å². The number of carbonyl (C=O) groups is 1. The normalized spacial score (nSPS) is 16.0. The molecule has 0 N–H and O–H groups in total. The van der Waals surface area contributed by atoms with Crippen molar-refractivity contribution in [3.63, 3.8) is 0 Å². The molecule has 30 heavy (non-hydrogen) atoms.